The van der Waals surface area contributed by atoms with Gasteiger partial charge in [-0.15, -0.1) is 0 Å². The van der Waals surface area contributed by atoms with Crippen LogP contribution >= 0.6 is 0 Å². The van der Waals surface area contributed by atoms with Crippen LogP contribution in [0.3, 0.4) is 0 Å². The Labute approximate surface area is 168 Å². The van der Waals surface area contributed by atoms with Gasteiger partial charge in [0.1, 0.15) is 0 Å². The third-order valence-corrected chi connectivity index (χ3v) is 5.89. The number of anilines is 1. The number of nitriles is 1. The molecule has 0 spiro atoms. The standard InChI is InChI=1S/C22H17N3O3S/c23-13-15-1-5-17(6-2-15)18-7-8-19-12-22(26)25(21(19)11-18)14-16-3-9-20(10-4-16)29(24,27)28/h1-11H,12,14H2,(H2,24,27,28). The van der Waals surface area contributed by atoms with E-state index in [4.69, 9.17) is 10.4 Å². The molecular weight excluding hydrogens is 386 g/mol. The summed E-state index contributed by atoms with van der Waals surface area (Å²) in [6.07, 6.45) is 0.332. The summed E-state index contributed by atoms with van der Waals surface area (Å²) in [5.74, 6) is -0.00694. The smallest absolute Gasteiger partial charge is 0.238 e. The van der Waals surface area contributed by atoms with Crippen LogP contribution in [0.5, 0.6) is 0 Å². The first-order valence-electron chi connectivity index (χ1n) is 8.91. The number of nitrogens with two attached hydrogens (primary N) is 1. The first-order chi connectivity index (χ1) is 13.8. The summed E-state index contributed by atoms with van der Waals surface area (Å²) in [6, 6.07) is 21.5. The van der Waals surface area contributed by atoms with E-state index in [1.807, 2.05) is 30.3 Å². The monoisotopic (exact) mass is 403 g/mol. The van der Waals surface area contributed by atoms with E-state index in [1.54, 1.807) is 29.2 Å². The SMILES string of the molecule is N#Cc1ccc(-c2ccc3c(c2)N(Cc2ccc(S(N)(=O)=O)cc2)C(=O)C3)cc1. The average molecular weight is 403 g/mol. The van der Waals surface area contributed by atoms with Crippen molar-refractivity contribution in [3.05, 3.63) is 83.4 Å². The van der Waals surface area contributed by atoms with Crippen molar-refractivity contribution in [1.29, 1.82) is 5.26 Å². The van der Waals surface area contributed by atoms with Crippen molar-refractivity contribution in [1.82, 2.24) is 0 Å². The first-order valence-corrected chi connectivity index (χ1v) is 10.5. The molecule has 0 aliphatic carbocycles. The Balaban J connectivity index is 1.64. The Kier molecular flexibility index (Phi) is 4.66. The second kappa shape index (κ2) is 7.17. The maximum atomic E-state index is 12.6. The maximum absolute atomic E-state index is 12.6. The van der Waals surface area contributed by atoms with Crippen molar-refractivity contribution in [3.63, 3.8) is 0 Å². The molecule has 1 amide bonds. The molecule has 0 aromatic heterocycles. The van der Waals surface area contributed by atoms with E-state index in [2.05, 4.69) is 6.07 Å². The van der Waals surface area contributed by atoms with Gasteiger partial charge in [0.2, 0.25) is 15.9 Å². The van der Waals surface area contributed by atoms with Crippen LogP contribution in [0.4, 0.5) is 5.69 Å². The number of carbonyl (C=O) groups excluding carboxylic acids is 1. The molecule has 0 fully saturated rings. The molecule has 0 saturated carbocycles. The summed E-state index contributed by atoms with van der Waals surface area (Å²) in [5.41, 5.74) is 5.11. The van der Waals surface area contributed by atoms with Crippen molar-refractivity contribution in [2.45, 2.75) is 17.9 Å². The van der Waals surface area contributed by atoms with Crippen LogP contribution < -0.4 is 10.0 Å². The van der Waals surface area contributed by atoms with Gasteiger partial charge in [-0.2, -0.15) is 5.26 Å². The number of fused-ring (bicyclic) bond motifs is 1. The molecule has 0 radical (unpaired) electrons. The fourth-order valence-electron chi connectivity index (χ4n) is 3.41. The number of hydrogen-bond donors (Lipinski definition) is 1. The zero-order valence-electron chi connectivity index (χ0n) is 15.4. The number of hydrogen-bond acceptors (Lipinski definition) is 4. The van der Waals surface area contributed by atoms with Crippen LogP contribution in [0.2, 0.25) is 0 Å². The number of amides is 1. The van der Waals surface area contributed by atoms with Gasteiger partial charge in [-0.1, -0.05) is 36.4 Å². The highest BCUT2D eigenvalue weighted by Crippen LogP contribution is 2.34. The van der Waals surface area contributed by atoms with Gasteiger partial charge >= 0.3 is 0 Å². The molecule has 0 atom stereocenters. The fourth-order valence-corrected chi connectivity index (χ4v) is 3.93. The number of primary sulfonamides is 1. The molecule has 0 bridgehead atoms. The van der Waals surface area contributed by atoms with Crippen molar-refractivity contribution < 1.29 is 13.2 Å². The van der Waals surface area contributed by atoms with Gasteiger partial charge in [0, 0.05) is 5.69 Å². The van der Waals surface area contributed by atoms with Gasteiger partial charge in [-0.3, -0.25) is 4.79 Å². The maximum Gasteiger partial charge on any atom is 0.238 e. The predicted molar refractivity (Wildman–Crippen MR) is 109 cm³/mol. The summed E-state index contributed by atoms with van der Waals surface area (Å²) in [6.45, 7) is 0.341. The quantitative estimate of drug-likeness (QED) is 0.723. The summed E-state index contributed by atoms with van der Waals surface area (Å²) in [5, 5.41) is 14.1. The Morgan fingerprint density at radius 1 is 0.966 bits per heavy atom. The molecule has 0 saturated heterocycles. The number of carbonyl (C=O) groups is 1. The molecule has 144 valence electrons. The molecule has 6 nitrogen and oxygen atoms in total. The zero-order valence-corrected chi connectivity index (χ0v) is 16.2. The van der Waals surface area contributed by atoms with Crippen molar-refractivity contribution in [2.24, 2.45) is 5.14 Å². The lowest BCUT2D eigenvalue weighted by Gasteiger charge is -2.18. The van der Waals surface area contributed by atoms with Crippen LogP contribution in [-0.2, 0) is 27.8 Å². The summed E-state index contributed by atoms with van der Waals surface area (Å²) < 4.78 is 22.8. The molecule has 1 heterocycles. The average Bonchev–Trinajstić information content (AvgIpc) is 3.02. The minimum absolute atomic E-state index is 0.00694. The second-order valence-corrected chi connectivity index (χ2v) is 8.44. The van der Waals surface area contributed by atoms with Gasteiger partial charge in [-0.05, 0) is 52.6 Å². The summed E-state index contributed by atoms with van der Waals surface area (Å²) in [4.78, 5) is 14.3. The molecule has 0 unspecified atom stereocenters. The summed E-state index contributed by atoms with van der Waals surface area (Å²) >= 11 is 0. The normalized spacial score (nSPS) is 13.2. The largest absolute Gasteiger partial charge is 0.307 e. The molecule has 1 aliphatic heterocycles. The third kappa shape index (κ3) is 3.76. The van der Waals surface area contributed by atoms with Crippen LogP contribution in [0.1, 0.15) is 16.7 Å². The van der Waals surface area contributed by atoms with E-state index in [0.717, 1.165) is 27.9 Å². The molecule has 4 rings (SSSR count). The third-order valence-electron chi connectivity index (χ3n) is 4.96. The minimum atomic E-state index is -3.75. The van der Waals surface area contributed by atoms with E-state index in [1.165, 1.54) is 12.1 Å². The Hall–Kier alpha value is -3.47. The fraction of sp³-hybridized carbons (Fsp3) is 0.0909. The lowest BCUT2D eigenvalue weighted by atomic mass is 10.0. The Morgan fingerprint density at radius 3 is 2.24 bits per heavy atom. The molecule has 7 heteroatoms. The van der Waals surface area contributed by atoms with Gasteiger partial charge < -0.3 is 4.90 Å². The highest BCUT2D eigenvalue weighted by atomic mass is 32.2. The number of nitrogens with zero attached hydrogens (tertiary/aromatic N) is 2. The van der Waals surface area contributed by atoms with E-state index < -0.39 is 10.0 Å². The molecule has 3 aromatic carbocycles. The molecule has 1 aliphatic rings. The summed E-state index contributed by atoms with van der Waals surface area (Å²) in [7, 11) is -3.75. The van der Waals surface area contributed by atoms with E-state index >= 15 is 0 Å². The van der Waals surface area contributed by atoms with Crippen LogP contribution in [0, 0.1) is 11.3 Å². The van der Waals surface area contributed by atoms with Gasteiger partial charge in [0.25, 0.3) is 0 Å². The molecular formula is C22H17N3O3S. The van der Waals surface area contributed by atoms with Crippen molar-refractivity contribution in [2.75, 3.05) is 4.90 Å². The number of sulfonamides is 1. The minimum Gasteiger partial charge on any atom is -0.307 e. The van der Waals surface area contributed by atoms with E-state index in [9.17, 15) is 13.2 Å². The van der Waals surface area contributed by atoms with Crippen LogP contribution in [-0.4, -0.2) is 14.3 Å². The Morgan fingerprint density at radius 2 is 1.62 bits per heavy atom. The van der Waals surface area contributed by atoms with Crippen molar-refractivity contribution in [3.8, 4) is 17.2 Å². The van der Waals surface area contributed by atoms with E-state index in [0.29, 0.717) is 18.5 Å². The molecule has 3 aromatic rings. The predicted octanol–water partition coefficient (Wildman–Crippen LogP) is 2.96. The first kappa shape index (κ1) is 18.9. The lowest BCUT2D eigenvalue weighted by molar-refractivity contribution is -0.117. The highest BCUT2D eigenvalue weighted by Gasteiger charge is 2.27. The van der Waals surface area contributed by atoms with Crippen LogP contribution in [0.25, 0.3) is 11.1 Å². The zero-order chi connectivity index (χ0) is 20.6. The van der Waals surface area contributed by atoms with Gasteiger partial charge in [0.05, 0.1) is 29.5 Å². The van der Waals surface area contributed by atoms with Crippen LogP contribution in [0.15, 0.2) is 71.6 Å². The van der Waals surface area contributed by atoms with Gasteiger partial charge in [-0.25, -0.2) is 13.6 Å². The van der Waals surface area contributed by atoms with Gasteiger partial charge in [0.15, 0.2) is 0 Å². The molecule has 29 heavy (non-hydrogen) atoms. The van der Waals surface area contributed by atoms with E-state index in [-0.39, 0.29) is 10.8 Å². The molecule has 2 N–H and O–H groups in total. The lowest BCUT2D eigenvalue weighted by Crippen LogP contribution is -2.26. The second-order valence-electron chi connectivity index (χ2n) is 6.88. The Bertz CT molecular complexity index is 1240. The van der Waals surface area contributed by atoms with Crippen molar-refractivity contribution >= 4 is 21.6 Å². The topological polar surface area (TPSA) is 104 Å². The number of rotatable bonds is 4. The number of benzene rings is 3. The highest BCUT2D eigenvalue weighted by molar-refractivity contribution is 7.89.